The van der Waals surface area contributed by atoms with Crippen LogP contribution in [-0.2, 0) is 4.74 Å². The van der Waals surface area contributed by atoms with Crippen LogP contribution in [0.5, 0.6) is 0 Å². The van der Waals surface area contributed by atoms with Crippen LogP contribution in [0.2, 0.25) is 0 Å². The van der Waals surface area contributed by atoms with Gasteiger partial charge in [0.05, 0.1) is 12.2 Å². The molecule has 0 heterocycles. The lowest BCUT2D eigenvalue weighted by atomic mass is 10.3. The van der Waals surface area contributed by atoms with E-state index in [1.165, 1.54) is 32.1 Å². The lowest BCUT2D eigenvalue weighted by Crippen LogP contribution is -2.18. The summed E-state index contributed by atoms with van der Waals surface area (Å²) in [5, 5.41) is 0. The van der Waals surface area contributed by atoms with E-state index in [-0.39, 0.29) is 0 Å². The van der Waals surface area contributed by atoms with Crippen molar-refractivity contribution in [2.75, 3.05) is 0 Å². The molecule has 2 atom stereocenters. The smallest absolute Gasteiger partial charge is 0.0696 e. The van der Waals surface area contributed by atoms with Gasteiger partial charge in [-0.3, -0.25) is 0 Å². The van der Waals surface area contributed by atoms with E-state index in [9.17, 15) is 0 Å². The van der Waals surface area contributed by atoms with Gasteiger partial charge in [-0.15, -0.1) is 0 Å². The van der Waals surface area contributed by atoms with Crippen LogP contribution in [0.3, 0.4) is 0 Å². The Bertz CT molecular complexity index is 122. The monoisotopic (exact) mass is 252 g/mol. The molecule has 0 N–H and O–H groups in total. The minimum atomic E-state index is 0.605. The predicted octanol–water partition coefficient (Wildman–Crippen LogP) is 2.52. The number of hydrogen-bond donors (Lipinski definition) is 0. The minimum absolute atomic E-state index is 0.605. The average Bonchev–Trinajstić information content (AvgIpc) is 2.62. The summed E-state index contributed by atoms with van der Waals surface area (Å²) in [4.78, 5) is 0. The Morgan fingerprint density at radius 1 is 1.10 bits per heavy atom. The summed E-state index contributed by atoms with van der Waals surface area (Å²) in [5.74, 6) is 0. The molecule has 2 saturated carbocycles. The maximum atomic E-state index is 5.83. The molecule has 0 aromatic carbocycles. The summed E-state index contributed by atoms with van der Waals surface area (Å²) in [6.07, 6.45) is 7.96. The van der Waals surface area contributed by atoms with Crippen molar-refractivity contribution in [3.05, 3.63) is 0 Å². The van der Waals surface area contributed by atoms with E-state index in [1.54, 1.807) is 0 Å². The fourth-order valence-corrected chi connectivity index (χ4v) is 2.45. The zero-order chi connectivity index (χ0) is 6.97. The van der Waals surface area contributed by atoms with Crippen LogP contribution < -0.4 is 0 Å². The van der Waals surface area contributed by atoms with Gasteiger partial charge in [-0.25, -0.2) is 0 Å². The van der Waals surface area contributed by atoms with Gasteiger partial charge in [0.25, 0.3) is 0 Å². The van der Waals surface area contributed by atoms with Crippen LogP contribution in [0, 0.1) is 0 Å². The summed E-state index contributed by atoms with van der Waals surface area (Å²) in [5.41, 5.74) is 0. The van der Waals surface area contributed by atoms with Crippen LogP contribution in [-0.4, -0.2) is 16.1 Å². The van der Waals surface area contributed by atoms with Gasteiger partial charge >= 0.3 is 0 Å². The van der Waals surface area contributed by atoms with Gasteiger partial charge in [0.1, 0.15) is 0 Å². The SMILES string of the molecule is IC1CCCC1OC1CC1. The highest BCUT2D eigenvalue weighted by Crippen LogP contribution is 2.34. The summed E-state index contributed by atoms with van der Waals surface area (Å²) < 4.78 is 6.63. The second-order valence-electron chi connectivity index (χ2n) is 3.32. The molecule has 0 aliphatic heterocycles. The first-order valence-corrected chi connectivity index (χ1v) is 5.40. The quantitative estimate of drug-likeness (QED) is 0.542. The first-order chi connectivity index (χ1) is 4.86. The van der Waals surface area contributed by atoms with E-state index in [4.69, 9.17) is 4.74 Å². The number of halogens is 1. The molecule has 0 aromatic rings. The molecule has 58 valence electrons. The Kier molecular flexibility index (Phi) is 2.18. The van der Waals surface area contributed by atoms with E-state index < -0.39 is 0 Å². The first-order valence-electron chi connectivity index (χ1n) is 4.16. The molecule has 0 saturated heterocycles. The van der Waals surface area contributed by atoms with Gasteiger partial charge in [-0.1, -0.05) is 22.6 Å². The van der Waals surface area contributed by atoms with Crippen molar-refractivity contribution in [1.29, 1.82) is 0 Å². The molecule has 10 heavy (non-hydrogen) atoms. The van der Waals surface area contributed by atoms with Crippen molar-refractivity contribution in [3.8, 4) is 0 Å². The van der Waals surface area contributed by atoms with Crippen molar-refractivity contribution >= 4 is 22.6 Å². The molecule has 2 rings (SSSR count). The van der Waals surface area contributed by atoms with E-state index in [0.29, 0.717) is 12.2 Å². The van der Waals surface area contributed by atoms with Crippen LogP contribution in [0.1, 0.15) is 32.1 Å². The summed E-state index contributed by atoms with van der Waals surface area (Å²) >= 11 is 2.53. The maximum Gasteiger partial charge on any atom is 0.0696 e. The van der Waals surface area contributed by atoms with Gasteiger partial charge in [-0.05, 0) is 32.1 Å². The standard InChI is InChI=1S/C8H13IO/c9-7-2-1-3-8(7)10-6-4-5-6/h6-8H,1-5H2. The Labute approximate surface area is 75.7 Å². The highest BCUT2D eigenvalue weighted by atomic mass is 127. The maximum absolute atomic E-state index is 5.83. The molecule has 0 radical (unpaired) electrons. The third-order valence-electron chi connectivity index (χ3n) is 2.26. The summed E-state index contributed by atoms with van der Waals surface area (Å²) in [7, 11) is 0. The Morgan fingerprint density at radius 3 is 2.40 bits per heavy atom. The summed E-state index contributed by atoms with van der Waals surface area (Å²) in [6, 6.07) is 0. The summed E-state index contributed by atoms with van der Waals surface area (Å²) in [6.45, 7) is 0. The predicted molar refractivity (Wildman–Crippen MR) is 49.6 cm³/mol. The Balaban J connectivity index is 1.79. The zero-order valence-corrected chi connectivity index (χ0v) is 8.21. The Hall–Kier alpha value is 0.690. The van der Waals surface area contributed by atoms with E-state index in [0.717, 1.165) is 3.92 Å². The molecular weight excluding hydrogens is 239 g/mol. The molecule has 2 fully saturated rings. The van der Waals surface area contributed by atoms with Crippen molar-refractivity contribution in [3.63, 3.8) is 0 Å². The van der Waals surface area contributed by atoms with Crippen LogP contribution >= 0.6 is 22.6 Å². The van der Waals surface area contributed by atoms with Crippen molar-refractivity contribution in [2.24, 2.45) is 0 Å². The molecule has 0 aromatic heterocycles. The normalized spacial score (nSPS) is 40.5. The fourth-order valence-electron chi connectivity index (χ4n) is 1.49. The Morgan fingerprint density at radius 2 is 1.90 bits per heavy atom. The largest absolute Gasteiger partial charge is 0.374 e. The van der Waals surface area contributed by atoms with Gasteiger partial charge in [0, 0.05) is 3.92 Å². The second-order valence-corrected chi connectivity index (χ2v) is 4.92. The fraction of sp³-hybridized carbons (Fsp3) is 1.00. The molecule has 0 spiro atoms. The van der Waals surface area contributed by atoms with Gasteiger partial charge < -0.3 is 4.74 Å². The number of ether oxygens (including phenoxy) is 1. The van der Waals surface area contributed by atoms with Crippen molar-refractivity contribution in [1.82, 2.24) is 0 Å². The van der Waals surface area contributed by atoms with Crippen LogP contribution in [0.4, 0.5) is 0 Å². The number of hydrogen-bond acceptors (Lipinski definition) is 1. The van der Waals surface area contributed by atoms with E-state index >= 15 is 0 Å². The number of rotatable bonds is 2. The lowest BCUT2D eigenvalue weighted by molar-refractivity contribution is 0.0508. The molecule has 2 unspecified atom stereocenters. The molecule has 2 heteroatoms. The molecule has 2 aliphatic carbocycles. The molecular formula is C8H13IO. The zero-order valence-electron chi connectivity index (χ0n) is 6.05. The molecule has 0 bridgehead atoms. The first kappa shape index (κ1) is 7.35. The number of alkyl halides is 1. The van der Waals surface area contributed by atoms with Gasteiger partial charge in [0.2, 0.25) is 0 Å². The molecule has 1 nitrogen and oxygen atoms in total. The van der Waals surface area contributed by atoms with Crippen LogP contribution in [0.15, 0.2) is 0 Å². The minimum Gasteiger partial charge on any atom is -0.374 e. The van der Waals surface area contributed by atoms with Crippen molar-refractivity contribution in [2.45, 2.75) is 48.2 Å². The van der Waals surface area contributed by atoms with Crippen molar-refractivity contribution < 1.29 is 4.74 Å². The van der Waals surface area contributed by atoms with E-state index in [1.807, 2.05) is 0 Å². The van der Waals surface area contributed by atoms with E-state index in [2.05, 4.69) is 22.6 Å². The molecule has 2 aliphatic rings. The average molecular weight is 252 g/mol. The molecule has 0 amide bonds. The lowest BCUT2D eigenvalue weighted by Gasteiger charge is -2.13. The topological polar surface area (TPSA) is 9.23 Å². The highest BCUT2D eigenvalue weighted by Gasteiger charge is 2.32. The van der Waals surface area contributed by atoms with Crippen LogP contribution in [0.25, 0.3) is 0 Å². The second kappa shape index (κ2) is 2.97. The van der Waals surface area contributed by atoms with Gasteiger partial charge in [0.15, 0.2) is 0 Å². The van der Waals surface area contributed by atoms with Gasteiger partial charge in [-0.2, -0.15) is 0 Å². The third kappa shape index (κ3) is 1.64. The highest BCUT2D eigenvalue weighted by molar-refractivity contribution is 14.1. The third-order valence-corrected chi connectivity index (χ3v) is 3.69.